The number of carbonyl (C=O) groups excluding carboxylic acids is 2. The summed E-state index contributed by atoms with van der Waals surface area (Å²) in [6.07, 6.45) is -2.06. The van der Waals surface area contributed by atoms with E-state index in [0.717, 1.165) is 6.07 Å². The highest BCUT2D eigenvalue weighted by atomic mass is 19.4. The number of anilines is 2. The lowest BCUT2D eigenvalue weighted by molar-refractivity contribution is -0.137. The first-order chi connectivity index (χ1) is 14.2. The van der Waals surface area contributed by atoms with Gasteiger partial charge in [-0.3, -0.25) is 9.59 Å². The van der Waals surface area contributed by atoms with Crippen molar-refractivity contribution in [3.8, 4) is 5.75 Å². The third-order valence-electron chi connectivity index (χ3n) is 4.69. The van der Waals surface area contributed by atoms with Crippen molar-refractivity contribution >= 4 is 23.3 Å². The topological polar surface area (TPSA) is 97.6 Å². The molecule has 2 heterocycles. The number of primary amides is 1. The molecule has 1 aromatic heterocycles. The van der Waals surface area contributed by atoms with Gasteiger partial charge in [-0.15, -0.1) is 0 Å². The van der Waals surface area contributed by atoms with Crippen LogP contribution >= 0.6 is 0 Å². The Balaban J connectivity index is 1.65. The number of halogens is 3. The molecule has 0 aliphatic carbocycles. The van der Waals surface area contributed by atoms with Crippen molar-refractivity contribution in [1.29, 1.82) is 0 Å². The molecule has 3 N–H and O–H groups in total. The maximum atomic E-state index is 13.3. The molecule has 0 saturated carbocycles. The summed E-state index contributed by atoms with van der Waals surface area (Å²) in [5, 5.41) is 2.77. The number of amides is 2. The lowest BCUT2D eigenvalue weighted by Gasteiger charge is -2.34. The molecule has 10 heteroatoms. The van der Waals surface area contributed by atoms with Crippen LogP contribution in [0.15, 0.2) is 42.6 Å². The highest BCUT2D eigenvalue weighted by Gasteiger charge is 2.37. The number of nitrogens with zero attached hydrogens (tertiary/aromatic N) is 2. The van der Waals surface area contributed by atoms with Crippen LogP contribution < -0.4 is 20.7 Å². The molecule has 1 aliphatic rings. The van der Waals surface area contributed by atoms with E-state index in [1.165, 1.54) is 17.2 Å². The number of ether oxygens (including phenoxy) is 1. The first-order valence-electron chi connectivity index (χ1n) is 9.33. The average Bonchev–Trinajstić information content (AvgIpc) is 2.72. The van der Waals surface area contributed by atoms with Gasteiger partial charge in [0.05, 0.1) is 11.5 Å². The summed E-state index contributed by atoms with van der Waals surface area (Å²) in [6, 6.07) is 8.61. The monoisotopic (exact) mass is 422 g/mol. The number of pyridine rings is 1. The highest BCUT2D eigenvalue weighted by molar-refractivity contribution is 5.93. The summed E-state index contributed by atoms with van der Waals surface area (Å²) in [5.74, 6) is -1.10. The van der Waals surface area contributed by atoms with Crippen molar-refractivity contribution in [3.05, 3.63) is 48.2 Å². The molecule has 1 saturated heterocycles. The molecule has 1 aromatic carbocycles. The fourth-order valence-electron chi connectivity index (χ4n) is 3.29. The highest BCUT2D eigenvalue weighted by Crippen LogP contribution is 2.36. The summed E-state index contributed by atoms with van der Waals surface area (Å²) >= 11 is 0. The molecule has 3 rings (SSSR count). The Bertz CT molecular complexity index is 903. The van der Waals surface area contributed by atoms with E-state index in [2.05, 4.69) is 10.3 Å². The molecule has 7 nitrogen and oxygen atoms in total. The minimum Gasteiger partial charge on any atom is -0.484 e. The molecule has 1 aliphatic heterocycles. The third kappa shape index (κ3) is 5.40. The van der Waals surface area contributed by atoms with Gasteiger partial charge in [0.15, 0.2) is 6.61 Å². The second-order valence-electron chi connectivity index (χ2n) is 6.93. The van der Waals surface area contributed by atoms with E-state index in [-0.39, 0.29) is 24.9 Å². The number of rotatable bonds is 6. The van der Waals surface area contributed by atoms with E-state index in [0.29, 0.717) is 30.8 Å². The van der Waals surface area contributed by atoms with Crippen LogP contribution in [0.5, 0.6) is 5.75 Å². The van der Waals surface area contributed by atoms with Gasteiger partial charge in [-0.05, 0) is 49.2 Å². The lowest BCUT2D eigenvalue weighted by atomic mass is 9.96. The number of piperidine rings is 1. The Labute approximate surface area is 171 Å². The van der Waals surface area contributed by atoms with Crippen molar-refractivity contribution in [3.63, 3.8) is 0 Å². The number of nitrogens with one attached hydrogen (secondary N) is 1. The normalized spacial score (nSPS) is 16.8. The molecule has 2 aromatic rings. The molecule has 0 spiro atoms. The second kappa shape index (κ2) is 9.02. The maximum absolute atomic E-state index is 13.3. The molecule has 30 heavy (non-hydrogen) atoms. The molecular weight excluding hydrogens is 401 g/mol. The van der Waals surface area contributed by atoms with Gasteiger partial charge < -0.3 is 20.7 Å². The van der Waals surface area contributed by atoms with E-state index in [1.807, 2.05) is 0 Å². The fourth-order valence-corrected chi connectivity index (χ4v) is 3.29. The van der Waals surface area contributed by atoms with E-state index < -0.39 is 23.6 Å². The summed E-state index contributed by atoms with van der Waals surface area (Å²) < 4.78 is 45.0. The summed E-state index contributed by atoms with van der Waals surface area (Å²) in [5.41, 5.74) is 4.72. The number of benzene rings is 1. The minimum absolute atomic E-state index is 0.145. The quantitative estimate of drug-likeness (QED) is 0.746. The van der Waals surface area contributed by atoms with Crippen LogP contribution in [-0.2, 0) is 15.8 Å². The number of hydrogen-bond acceptors (Lipinski definition) is 5. The Hall–Kier alpha value is -3.30. The van der Waals surface area contributed by atoms with Crippen molar-refractivity contribution in [2.24, 2.45) is 11.7 Å². The average molecular weight is 422 g/mol. The van der Waals surface area contributed by atoms with Gasteiger partial charge in [-0.2, -0.15) is 13.2 Å². The zero-order valence-electron chi connectivity index (χ0n) is 16.0. The minimum atomic E-state index is -4.52. The van der Waals surface area contributed by atoms with Crippen LogP contribution in [-0.4, -0.2) is 36.5 Å². The Kier molecular flexibility index (Phi) is 6.43. The van der Waals surface area contributed by atoms with Gasteiger partial charge in [-0.25, -0.2) is 4.98 Å². The zero-order valence-corrected chi connectivity index (χ0v) is 16.0. The van der Waals surface area contributed by atoms with Gasteiger partial charge in [0.1, 0.15) is 11.6 Å². The molecule has 160 valence electrons. The second-order valence-corrected chi connectivity index (χ2v) is 6.93. The maximum Gasteiger partial charge on any atom is 0.419 e. The number of aromatic nitrogens is 1. The van der Waals surface area contributed by atoms with Crippen LogP contribution in [0, 0.1) is 5.92 Å². The molecule has 0 radical (unpaired) electrons. The van der Waals surface area contributed by atoms with Gasteiger partial charge in [0.2, 0.25) is 5.91 Å². The standard InChI is InChI=1S/C20H21F3N4O3/c21-20(22,23)16-4-1-9-25-18(16)27-10-2-3-13(11-27)19(29)26-14-5-7-15(8-6-14)30-12-17(24)28/h1,4-9,13H,2-3,10-12H2,(H2,24,28)(H,26,29). The van der Waals surface area contributed by atoms with E-state index in [4.69, 9.17) is 10.5 Å². The van der Waals surface area contributed by atoms with Crippen molar-refractivity contribution in [1.82, 2.24) is 4.98 Å². The predicted molar refractivity (Wildman–Crippen MR) is 104 cm³/mol. The first kappa shape index (κ1) is 21.4. The summed E-state index contributed by atoms with van der Waals surface area (Å²) in [4.78, 5) is 28.8. The van der Waals surface area contributed by atoms with Crippen LogP contribution in [0.25, 0.3) is 0 Å². The third-order valence-corrected chi connectivity index (χ3v) is 4.69. The van der Waals surface area contributed by atoms with E-state index in [1.54, 1.807) is 24.3 Å². The Morgan fingerprint density at radius 3 is 2.63 bits per heavy atom. The number of carbonyl (C=O) groups is 2. The molecule has 0 bridgehead atoms. The number of nitrogens with two attached hydrogens (primary N) is 1. The van der Waals surface area contributed by atoms with Crippen LogP contribution in [0.4, 0.5) is 24.7 Å². The molecule has 2 amide bonds. The number of hydrogen-bond donors (Lipinski definition) is 2. The molecule has 1 unspecified atom stereocenters. The zero-order chi connectivity index (χ0) is 21.7. The van der Waals surface area contributed by atoms with Crippen molar-refractivity contribution in [2.45, 2.75) is 19.0 Å². The van der Waals surface area contributed by atoms with Crippen molar-refractivity contribution in [2.75, 3.05) is 29.9 Å². The van der Waals surface area contributed by atoms with E-state index >= 15 is 0 Å². The van der Waals surface area contributed by atoms with Crippen LogP contribution in [0.3, 0.4) is 0 Å². The van der Waals surface area contributed by atoms with Gasteiger partial charge in [-0.1, -0.05) is 0 Å². The molecular formula is C20H21F3N4O3. The van der Waals surface area contributed by atoms with Crippen molar-refractivity contribution < 1.29 is 27.5 Å². The Morgan fingerprint density at radius 2 is 1.97 bits per heavy atom. The fraction of sp³-hybridized carbons (Fsp3) is 0.350. The van der Waals surface area contributed by atoms with Crippen LogP contribution in [0.1, 0.15) is 18.4 Å². The number of alkyl halides is 3. The largest absolute Gasteiger partial charge is 0.484 e. The van der Waals surface area contributed by atoms with Gasteiger partial charge in [0, 0.05) is 25.0 Å². The molecule has 1 atom stereocenters. The smallest absolute Gasteiger partial charge is 0.419 e. The lowest BCUT2D eigenvalue weighted by Crippen LogP contribution is -2.42. The van der Waals surface area contributed by atoms with Gasteiger partial charge >= 0.3 is 6.18 Å². The summed E-state index contributed by atoms with van der Waals surface area (Å²) in [6.45, 7) is 0.290. The summed E-state index contributed by atoms with van der Waals surface area (Å²) in [7, 11) is 0. The predicted octanol–water partition coefficient (Wildman–Crippen LogP) is 2.82. The molecule has 1 fully saturated rings. The van der Waals surface area contributed by atoms with E-state index in [9.17, 15) is 22.8 Å². The SMILES string of the molecule is NC(=O)COc1ccc(NC(=O)C2CCCN(c3ncccc3C(F)(F)F)C2)cc1. The van der Waals surface area contributed by atoms with Gasteiger partial charge in [0.25, 0.3) is 5.91 Å². The van der Waals surface area contributed by atoms with Crippen LogP contribution in [0.2, 0.25) is 0 Å². The Morgan fingerprint density at radius 1 is 1.23 bits per heavy atom. The first-order valence-corrected chi connectivity index (χ1v) is 9.33.